The number of aromatic nitrogens is 1. The van der Waals surface area contributed by atoms with Crippen molar-refractivity contribution in [3.05, 3.63) is 52.5 Å². The van der Waals surface area contributed by atoms with E-state index in [1.54, 1.807) is 12.0 Å². The van der Waals surface area contributed by atoms with E-state index in [4.69, 9.17) is 19.2 Å². The highest BCUT2D eigenvalue weighted by molar-refractivity contribution is 5.76. The van der Waals surface area contributed by atoms with Gasteiger partial charge in [-0.1, -0.05) is 6.07 Å². The first-order chi connectivity index (χ1) is 19.7. The van der Waals surface area contributed by atoms with Crippen molar-refractivity contribution in [1.29, 1.82) is 0 Å². The van der Waals surface area contributed by atoms with E-state index in [0.29, 0.717) is 31.7 Å². The predicted octanol–water partition coefficient (Wildman–Crippen LogP) is 5.31. The zero-order chi connectivity index (χ0) is 29.0. The number of likely N-dealkylation sites (tertiary alicyclic amines) is 1. The van der Waals surface area contributed by atoms with Crippen molar-refractivity contribution in [3.8, 4) is 5.75 Å². The minimum absolute atomic E-state index is 0.0357. The molecule has 2 fully saturated rings. The molecule has 0 amide bonds. The molecule has 2 saturated heterocycles. The average molecular weight is 578 g/mol. The zero-order valence-corrected chi connectivity index (χ0v) is 23.3. The van der Waals surface area contributed by atoms with Crippen LogP contribution in [-0.4, -0.2) is 72.9 Å². The van der Waals surface area contributed by atoms with Crippen molar-refractivity contribution in [2.45, 2.75) is 75.5 Å². The average Bonchev–Trinajstić information content (AvgIpc) is 3.41. The van der Waals surface area contributed by atoms with Gasteiger partial charge in [-0.3, -0.25) is 9.69 Å². The van der Waals surface area contributed by atoms with Crippen LogP contribution in [0.1, 0.15) is 73.1 Å². The van der Waals surface area contributed by atoms with Crippen LogP contribution < -0.4 is 10.1 Å². The number of carbonyl (C=O) groups is 1. The Morgan fingerprint density at radius 1 is 1.29 bits per heavy atom. The highest BCUT2D eigenvalue weighted by Crippen LogP contribution is 2.40. The second kappa shape index (κ2) is 13.0. The van der Waals surface area contributed by atoms with Gasteiger partial charge in [-0.25, -0.2) is 18.2 Å². The molecule has 3 aliphatic rings. The van der Waals surface area contributed by atoms with Crippen molar-refractivity contribution in [1.82, 2.24) is 9.88 Å². The Morgan fingerprint density at radius 2 is 2.15 bits per heavy atom. The number of pyridine rings is 1. The number of carboxylic acid groups (broad SMARTS) is 1. The van der Waals surface area contributed by atoms with Crippen LogP contribution in [-0.2, 0) is 27.1 Å². The molecule has 2 aromatic rings. The number of halogens is 3. The molecule has 0 spiro atoms. The van der Waals surface area contributed by atoms with Gasteiger partial charge < -0.3 is 24.6 Å². The van der Waals surface area contributed by atoms with Gasteiger partial charge in [0.05, 0.1) is 19.3 Å². The molecule has 3 unspecified atom stereocenters. The monoisotopic (exact) mass is 577 g/mol. The van der Waals surface area contributed by atoms with E-state index < -0.39 is 36.5 Å². The minimum Gasteiger partial charge on any atom is -0.496 e. The third-order valence-electron chi connectivity index (χ3n) is 8.17. The number of carboxylic acids is 1. The second-order valence-electron chi connectivity index (χ2n) is 11.1. The van der Waals surface area contributed by atoms with E-state index in [9.17, 15) is 23.1 Å². The molecule has 41 heavy (non-hydrogen) atoms. The lowest BCUT2D eigenvalue weighted by Gasteiger charge is -2.32. The summed E-state index contributed by atoms with van der Waals surface area (Å²) < 4.78 is 58.7. The summed E-state index contributed by atoms with van der Waals surface area (Å²) in [6.07, 6.45) is 4.00. The SMILES string of the molecule is COc1cc(CCCCOC2CCN(C(C(=O)O)c3cc(F)ccc3C3CCC(F)(F)CO3)C2)nc2c1CCCN2. The van der Waals surface area contributed by atoms with E-state index in [0.717, 1.165) is 61.5 Å². The number of aryl methyl sites for hydroxylation is 1. The van der Waals surface area contributed by atoms with Gasteiger partial charge in [-0.15, -0.1) is 0 Å². The van der Waals surface area contributed by atoms with Crippen LogP contribution in [0.4, 0.5) is 19.0 Å². The Kier molecular flexibility index (Phi) is 9.35. The fraction of sp³-hybridized carbons (Fsp3) is 0.600. The first-order valence-corrected chi connectivity index (χ1v) is 14.4. The first-order valence-electron chi connectivity index (χ1n) is 14.4. The van der Waals surface area contributed by atoms with E-state index in [2.05, 4.69) is 5.32 Å². The number of alkyl halides is 2. The summed E-state index contributed by atoms with van der Waals surface area (Å²) in [6.45, 7) is 1.55. The Labute approximate surface area is 238 Å². The standard InChI is InChI=1S/C30H38F3N3O5/c1-39-26-16-20(35-28-23(26)6-4-12-34-28)5-2-3-14-40-21-10-13-36(17-21)27(29(37)38)24-15-19(31)7-8-22(24)25-9-11-30(32,33)18-41-25/h7-8,15-16,21,25,27H,2-6,9-14,17-18H2,1H3,(H,34,35)(H,37,38). The van der Waals surface area contributed by atoms with Gasteiger partial charge in [0.1, 0.15) is 30.0 Å². The summed E-state index contributed by atoms with van der Waals surface area (Å²) in [5.74, 6) is -2.83. The molecule has 3 atom stereocenters. The highest BCUT2D eigenvalue weighted by atomic mass is 19.3. The third-order valence-corrected chi connectivity index (χ3v) is 8.17. The smallest absolute Gasteiger partial charge is 0.325 e. The summed E-state index contributed by atoms with van der Waals surface area (Å²) in [4.78, 5) is 18.9. The Bertz CT molecular complexity index is 1200. The molecule has 224 valence electrons. The van der Waals surface area contributed by atoms with Gasteiger partial charge in [0.2, 0.25) is 0 Å². The number of aliphatic carboxylic acids is 1. The Hall–Kier alpha value is -2.89. The zero-order valence-electron chi connectivity index (χ0n) is 23.3. The van der Waals surface area contributed by atoms with Gasteiger partial charge >= 0.3 is 5.97 Å². The van der Waals surface area contributed by atoms with E-state index in [1.165, 1.54) is 18.2 Å². The lowest BCUT2D eigenvalue weighted by atomic mass is 9.91. The number of nitrogens with zero attached hydrogens (tertiary/aromatic N) is 2. The van der Waals surface area contributed by atoms with Crippen LogP contribution in [0.2, 0.25) is 0 Å². The Balaban J connectivity index is 1.15. The molecule has 4 heterocycles. The molecule has 11 heteroatoms. The van der Waals surface area contributed by atoms with Crippen LogP contribution in [0.15, 0.2) is 24.3 Å². The maximum Gasteiger partial charge on any atom is 0.325 e. The first kappa shape index (κ1) is 29.6. The third kappa shape index (κ3) is 7.13. The number of fused-ring (bicyclic) bond motifs is 1. The number of ether oxygens (including phenoxy) is 3. The van der Waals surface area contributed by atoms with Crippen molar-refractivity contribution in [2.24, 2.45) is 0 Å². The van der Waals surface area contributed by atoms with Crippen LogP contribution in [0.5, 0.6) is 5.75 Å². The van der Waals surface area contributed by atoms with E-state index >= 15 is 0 Å². The highest BCUT2D eigenvalue weighted by Gasteiger charge is 2.40. The molecule has 3 aliphatic heterocycles. The summed E-state index contributed by atoms with van der Waals surface area (Å²) in [7, 11) is 1.68. The lowest BCUT2D eigenvalue weighted by Crippen LogP contribution is -2.36. The molecule has 0 bridgehead atoms. The molecule has 2 N–H and O–H groups in total. The van der Waals surface area contributed by atoms with Crippen LogP contribution >= 0.6 is 0 Å². The molecule has 0 saturated carbocycles. The van der Waals surface area contributed by atoms with Crippen molar-refractivity contribution < 1.29 is 37.3 Å². The Morgan fingerprint density at radius 3 is 2.90 bits per heavy atom. The minimum atomic E-state index is -2.91. The summed E-state index contributed by atoms with van der Waals surface area (Å²) >= 11 is 0. The van der Waals surface area contributed by atoms with Crippen LogP contribution in [0, 0.1) is 5.82 Å². The molecule has 0 aliphatic carbocycles. The normalized spacial score (nSPS) is 23.0. The lowest BCUT2D eigenvalue weighted by molar-refractivity contribution is -0.147. The quantitative estimate of drug-likeness (QED) is 0.347. The van der Waals surface area contributed by atoms with Crippen LogP contribution in [0.25, 0.3) is 0 Å². The maximum absolute atomic E-state index is 14.3. The van der Waals surface area contributed by atoms with Gasteiger partial charge in [0, 0.05) is 50.0 Å². The molecular formula is C30H38F3N3O5. The second-order valence-corrected chi connectivity index (χ2v) is 11.1. The number of hydrogen-bond donors (Lipinski definition) is 2. The number of rotatable bonds is 11. The van der Waals surface area contributed by atoms with E-state index in [1.807, 2.05) is 6.07 Å². The largest absolute Gasteiger partial charge is 0.496 e. The fourth-order valence-electron chi connectivity index (χ4n) is 6.08. The number of hydrogen-bond acceptors (Lipinski definition) is 7. The van der Waals surface area contributed by atoms with Crippen LogP contribution in [0.3, 0.4) is 0 Å². The maximum atomic E-state index is 14.3. The van der Waals surface area contributed by atoms with Gasteiger partial charge in [-0.2, -0.15) is 0 Å². The molecule has 1 aromatic heterocycles. The summed E-state index contributed by atoms with van der Waals surface area (Å²) in [5.41, 5.74) is 2.80. The van der Waals surface area contributed by atoms with Crippen molar-refractivity contribution in [2.75, 3.05) is 45.3 Å². The number of methoxy groups -OCH3 is 1. The molecule has 0 radical (unpaired) electrons. The van der Waals surface area contributed by atoms with Gasteiger partial charge in [0.25, 0.3) is 5.92 Å². The van der Waals surface area contributed by atoms with E-state index in [-0.39, 0.29) is 24.5 Å². The fourth-order valence-corrected chi connectivity index (χ4v) is 6.08. The molecule has 1 aromatic carbocycles. The summed E-state index contributed by atoms with van der Waals surface area (Å²) in [5, 5.41) is 13.5. The van der Waals surface area contributed by atoms with Crippen molar-refractivity contribution in [3.63, 3.8) is 0 Å². The van der Waals surface area contributed by atoms with Gasteiger partial charge in [-0.05, 0) is 68.2 Å². The summed E-state index contributed by atoms with van der Waals surface area (Å²) in [6, 6.07) is 4.76. The predicted molar refractivity (Wildman–Crippen MR) is 146 cm³/mol. The topological polar surface area (TPSA) is 93.2 Å². The number of unbranched alkanes of at least 4 members (excludes halogenated alkanes) is 1. The molecule has 5 rings (SSSR count). The molecular weight excluding hydrogens is 539 g/mol. The van der Waals surface area contributed by atoms with Gasteiger partial charge in [0.15, 0.2) is 0 Å². The number of nitrogens with one attached hydrogen (secondary N) is 1. The number of benzene rings is 1. The number of anilines is 1. The van der Waals surface area contributed by atoms with Crippen molar-refractivity contribution >= 4 is 11.8 Å². The molecule has 8 nitrogen and oxygen atoms in total.